The van der Waals surface area contributed by atoms with Gasteiger partial charge in [-0.15, -0.1) is 0 Å². The summed E-state index contributed by atoms with van der Waals surface area (Å²) in [4.78, 5) is 21.3. The summed E-state index contributed by atoms with van der Waals surface area (Å²) in [6, 6.07) is 15.9. The van der Waals surface area contributed by atoms with Gasteiger partial charge in [0.1, 0.15) is 5.75 Å². The molecule has 0 radical (unpaired) electrons. The van der Waals surface area contributed by atoms with Gasteiger partial charge in [0.15, 0.2) is 5.65 Å². The van der Waals surface area contributed by atoms with Gasteiger partial charge in [-0.1, -0.05) is 12.1 Å². The number of amides is 2. The van der Waals surface area contributed by atoms with Crippen molar-refractivity contribution >= 4 is 23.1 Å². The SMILES string of the molecule is COc1ccn2ncc(-c3ccc(Oc4ccc(NC(=O)Nc5cc(C(F)(F)F)ccc5-n5cccn5)cn4)cc3)c2n1. The van der Waals surface area contributed by atoms with E-state index >= 15 is 0 Å². The maximum absolute atomic E-state index is 13.3. The van der Waals surface area contributed by atoms with E-state index in [1.165, 1.54) is 23.1 Å². The van der Waals surface area contributed by atoms with E-state index in [9.17, 15) is 18.0 Å². The van der Waals surface area contributed by atoms with Crippen molar-refractivity contribution in [3.8, 4) is 34.3 Å². The molecular formula is C29H21F3N8O3. The lowest BCUT2D eigenvalue weighted by atomic mass is 10.1. The molecule has 0 fully saturated rings. The number of methoxy groups -OCH3 is 1. The largest absolute Gasteiger partial charge is 0.481 e. The van der Waals surface area contributed by atoms with Crippen molar-refractivity contribution in [3.63, 3.8) is 0 Å². The number of pyridine rings is 1. The number of carbonyl (C=O) groups excluding carboxylic acids is 1. The van der Waals surface area contributed by atoms with Crippen LogP contribution in [-0.4, -0.2) is 42.5 Å². The van der Waals surface area contributed by atoms with E-state index in [2.05, 4.69) is 30.8 Å². The number of hydrogen-bond acceptors (Lipinski definition) is 7. The first kappa shape index (κ1) is 27.3. The Morgan fingerprint density at radius 3 is 2.44 bits per heavy atom. The fraction of sp³-hybridized carbons (Fsp3) is 0.0690. The molecule has 4 heterocycles. The fourth-order valence-corrected chi connectivity index (χ4v) is 4.22. The number of halogens is 3. The zero-order valence-corrected chi connectivity index (χ0v) is 22.3. The smallest absolute Gasteiger partial charge is 0.416 e. The Morgan fingerprint density at radius 2 is 1.74 bits per heavy atom. The summed E-state index contributed by atoms with van der Waals surface area (Å²) in [5.74, 6) is 1.26. The number of rotatable bonds is 7. The monoisotopic (exact) mass is 586 g/mol. The molecule has 0 aliphatic carbocycles. The Labute approximate surface area is 241 Å². The van der Waals surface area contributed by atoms with Crippen molar-refractivity contribution < 1.29 is 27.4 Å². The Bertz CT molecular complexity index is 1890. The van der Waals surface area contributed by atoms with Crippen LogP contribution < -0.4 is 20.1 Å². The number of hydrogen-bond donors (Lipinski definition) is 2. The number of urea groups is 1. The highest BCUT2D eigenvalue weighted by atomic mass is 19.4. The fourth-order valence-electron chi connectivity index (χ4n) is 4.22. The highest BCUT2D eigenvalue weighted by molar-refractivity contribution is 6.01. The molecule has 4 aromatic heterocycles. The summed E-state index contributed by atoms with van der Waals surface area (Å²) in [6.07, 6.45) is 3.28. The van der Waals surface area contributed by atoms with E-state index in [0.29, 0.717) is 23.0 Å². The summed E-state index contributed by atoms with van der Waals surface area (Å²) in [6.45, 7) is 0. The molecule has 2 aromatic carbocycles. The molecule has 0 aliphatic heterocycles. The Balaban J connectivity index is 1.12. The number of anilines is 2. The first-order chi connectivity index (χ1) is 20.8. The maximum Gasteiger partial charge on any atom is 0.416 e. The van der Waals surface area contributed by atoms with E-state index in [-0.39, 0.29) is 17.3 Å². The van der Waals surface area contributed by atoms with Gasteiger partial charge in [0.25, 0.3) is 0 Å². The van der Waals surface area contributed by atoms with Crippen LogP contribution in [-0.2, 0) is 6.18 Å². The van der Waals surface area contributed by atoms with E-state index in [0.717, 1.165) is 23.3 Å². The van der Waals surface area contributed by atoms with Gasteiger partial charge in [0.2, 0.25) is 11.8 Å². The van der Waals surface area contributed by atoms with Crippen LogP contribution in [0.15, 0.2) is 97.7 Å². The Kier molecular flexibility index (Phi) is 7.07. The highest BCUT2D eigenvalue weighted by Gasteiger charge is 2.31. The zero-order valence-electron chi connectivity index (χ0n) is 22.3. The third-order valence-corrected chi connectivity index (χ3v) is 6.26. The lowest BCUT2D eigenvalue weighted by molar-refractivity contribution is -0.137. The van der Waals surface area contributed by atoms with Crippen molar-refractivity contribution in [2.75, 3.05) is 17.7 Å². The van der Waals surface area contributed by atoms with Crippen LogP contribution in [0.4, 0.5) is 29.3 Å². The summed E-state index contributed by atoms with van der Waals surface area (Å²) >= 11 is 0. The molecule has 0 saturated heterocycles. The molecule has 0 atom stereocenters. The molecule has 0 saturated carbocycles. The van der Waals surface area contributed by atoms with E-state index in [4.69, 9.17) is 9.47 Å². The Hall–Kier alpha value is -5.92. The summed E-state index contributed by atoms with van der Waals surface area (Å²) < 4.78 is 54.0. The molecule has 2 N–H and O–H groups in total. The number of ether oxygens (including phenoxy) is 2. The van der Waals surface area contributed by atoms with Crippen LogP contribution in [0, 0.1) is 0 Å². The van der Waals surface area contributed by atoms with Crippen molar-refractivity contribution in [1.82, 2.24) is 29.4 Å². The predicted octanol–water partition coefficient (Wildman–Crippen LogP) is 6.44. The molecule has 0 spiro atoms. The second kappa shape index (κ2) is 11.2. The minimum absolute atomic E-state index is 0.0774. The highest BCUT2D eigenvalue weighted by Crippen LogP contribution is 2.33. The standard InChI is InChI=1S/C29H21F3N8O3/c1-42-26-11-14-40-27(38-26)22(17-35-40)18-3-7-21(8-4-18)43-25-10-6-20(16-33-25)36-28(41)37-23-15-19(29(30,31)32)5-9-24(23)39-13-2-12-34-39/h2-17H,1H3,(H2,36,37,41). The van der Waals surface area contributed by atoms with Crippen LogP contribution in [0.2, 0.25) is 0 Å². The molecule has 43 heavy (non-hydrogen) atoms. The van der Waals surface area contributed by atoms with Gasteiger partial charge < -0.3 is 20.1 Å². The van der Waals surface area contributed by atoms with Gasteiger partial charge in [0, 0.05) is 36.3 Å². The summed E-state index contributed by atoms with van der Waals surface area (Å²) in [7, 11) is 1.55. The second-order valence-electron chi connectivity index (χ2n) is 9.07. The number of alkyl halides is 3. The van der Waals surface area contributed by atoms with Crippen LogP contribution in [0.25, 0.3) is 22.5 Å². The van der Waals surface area contributed by atoms with Gasteiger partial charge in [0.05, 0.1) is 42.1 Å². The molecule has 0 unspecified atom stereocenters. The lowest BCUT2D eigenvalue weighted by Crippen LogP contribution is -2.21. The number of carbonyl (C=O) groups is 1. The van der Waals surface area contributed by atoms with Gasteiger partial charge in [-0.3, -0.25) is 0 Å². The quantitative estimate of drug-likeness (QED) is 0.221. The van der Waals surface area contributed by atoms with E-state index in [1.807, 2.05) is 12.1 Å². The third-order valence-electron chi connectivity index (χ3n) is 6.26. The molecule has 6 aromatic rings. The van der Waals surface area contributed by atoms with Gasteiger partial charge in [-0.2, -0.15) is 28.4 Å². The topological polar surface area (TPSA) is 120 Å². The molecular weight excluding hydrogens is 565 g/mol. The molecule has 2 amide bonds. The van der Waals surface area contributed by atoms with Gasteiger partial charge >= 0.3 is 12.2 Å². The Morgan fingerprint density at radius 1 is 0.907 bits per heavy atom. The van der Waals surface area contributed by atoms with Crippen molar-refractivity contribution in [3.05, 3.63) is 103 Å². The number of benzene rings is 2. The van der Waals surface area contributed by atoms with Crippen LogP contribution >= 0.6 is 0 Å². The minimum Gasteiger partial charge on any atom is -0.481 e. The summed E-state index contributed by atoms with van der Waals surface area (Å²) in [5.41, 5.74) is 1.91. The maximum atomic E-state index is 13.3. The summed E-state index contributed by atoms with van der Waals surface area (Å²) in [5, 5.41) is 13.4. The average Bonchev–Trinajstić information content (AvgIpc) is 3.68. The molecule has 0 bridgehead atoms. The average molecular weight is 587 g/mol. The van der Waals surface area contributed by atoms with Crippen LogP contribution in [0.3, 0.4) is 0 Å². The van der Waals surface area contributed by atoms with Crippen molar-refractivity contribution in [2.24, 2.45) is 0 Å². The molecule has 11 nitrogen and oxygen atoms in total. The van der Waals surface area contributed by atoms with Crippen LogP contribution in [0.5, 0.6) is 17.5 Å². The number of nitrogens with zero attached hydrogens (tertiary/aromatic N) is 6. The molecule has 14 heteroatoms. The second-order valence-corrected chi connectivity index (χ2v) is 9.07. The minimum atomic E-state index is -4.59. The first-order valence-electron chi connectivity index (χ1n) is 12.7. The normalized spacial score (nSPS) is 11.3. The van der Waals surface area contributed by atoms with E-state index < -0.39 is 17.8 Å². The van der Waals surface area contributed by atoms with Crippen molar-refractivity contribution in [2.45, 2.75) is 6.18 Å². The number of fused-ring (bicyclic) bond motifs is 1. The predicted molar refractivity (Wildman–Crippen MR) is 150 cm³/mol. The third kappa shape index (κ3) is 5.93. The first-order valence-corrected chi connectivity index (χ1v) is 12.7. The van der Waals surface area contributed by atoms with Gasteiger partial charge in [-0.25, -0.2) is 19.0 Å². The number of nitrogens with one attached hydrogen (secondary N) is 2. The molecule has 0 aliphatic rings. The lowest BCUT2D eigenvalue weighted by Gasteiger charge is -2.15. The number of aromatic nitrogens is 6. The van der Waals surface area contributed by atoms with Gasteiger partial charge in [-0.05, 0) is 48.0 Å². The zero-order chi connectivity index (χ0) is 30.0. The van der Waals surface area contributed by atoms with Crippen molar-refractivity contribution in [1.29, 1.82) is 0 Å². The molecule has 216 valence electrons. The van der Waals surface area contributed by atoms with E-state index in [1.54, 1.807) is 66.6 Å². The van der Waals surface area contributed by atoms with Crippen LogP contribution in [0.1, 0.15) is 5.56 Å². The molecule has 6 rings (SSSR count).